The molecule has 0 saturated carbocycles. The predicted molar refractivity (Wildman–Crippen MR) is 91.0 cm³/mol. The molecule has 3 rings (SSSR count). The number of nitrogens with zero attached hydrogens (tertiary/aromatic N) is 3. The van der Waals surface area contributed by atoms with Crippen LogP contribution in [0.5, 0.6) is 0 Å². The van der Waals surface area contributed by atoms with Crippen LogP contribution in [0.15, 0.2) is 34.0 Å². The van der Waals surface area contributed by atoms with Crippen molar-refractivity contribution in [1.29, 1.82) is 0 Å². The molecule has 26 heavy (non-hydrogen) atoms. The highest BCUT2D eigenvalue weighted by atomic mass is 32.2. The van der Waals surface area contributed by atoms with Gasteiger partial charge in [0.1, 0.15) is 16.9 Å². The van der Waals surface area contributed by atoms with Gasteiger partial charge in [0.25, 0.3) is 5.56 Å². The molecule has 0 bridgehead atoms. The predicted octanol–water partition coefficient (Wildman–Crippen LogP) is 3.14. The van der Waals surface area contributed by atoms with Crippen molar-refractivity contribution in [2.24, 2.45) is 0 Å². The number of aryl methyl sites for hydroxylation is 1. The van der Waals surface area contributed by atoms with E-state index in [1.807, 2.05) is 0 Å². The number of rotatable bonds is 4. The van der Waals surface area contributed by atoms with Crippen LogP contribution in [0.3, 0.4) is 0 Å². The number of thioether (sulfide) groups is 1. The van der Waals surface area contributed by atoms with Gasteiger partial charge in [-0.15, -0.1) is 0 Å². The number of aliphatic hydroxyl groups is 1. The molecule has 0 aliphatic heterocycles. The highest BCUT2D eigenvalue weighted by Crippen LogP contribution is 2.37. The fraction of sp³-hybridized carbons (Fsp3) is 0.312. The van der Waals surface area contributed by atoms with E-state index in [9.17, 15) is 23.1 Å². The third-order valence-electron chi connectivity index (χ3n) is 3.87. The van der Waals surface area contributed by atoms with E-state index in [0.717, 1.165) is 0 Å². The van der Waals surface area contributed by atoms with E-state index in [1.54, 1.807) is 26.0 Å². The number of hydrogen-bond donors (Lipinski definition) is 2. The molecule has 2 N–H and O–H groups in total. The summed E-state index contributed by atoms with van der Waals surface area (Å²) in [6.07, 6.45) is 0. The number of H-pyrrole nitrogens is 1. The molecule has 0 amide bonds. The first-order chi connectivity index (χ1) is 12.2. The molecule has 3 aromatic rings. The van der Waals surface area contributed by atoms with Crippen molar-refractivity contribution in [1.82, 2.24) is 19.7 Å². The molecule has 6 nitrogen and oxygen atoms in total. The fourth-order valence-corrected chi connectivity index (χ4v) is 3.23. The number of fused-ring (bicyclic) bond motifs is 1. The molecule has 1 aromatic carbocycles. The van der Waals surface area contributed by atoms with Gasteiger partial charge in [0.2, 0.25) is 0 Å². The summed E-state index contributed by atoms with van der Waals surface area (Å²) in [5.41, 5.74) is -3.53. The Labute approximate surface area is 150 Å². The molecule has 2 heterocycles. The SMILES string of the molecule is Cc1nc2c(c(CO)nn2C(C)c2ccc(SC(F)(F)F)cc2)c(=O)[nH]1. The van der Waals surface area contributed by atoms with Crippen LogP contribution < -0.4 is 5.56 Å². The number of halogens is 3. The molecular weight excluding hydrogens is 369 g/mol. The van der Waals surface area contributed by atoms with Crippen molar-refractivity contribution < 1.29 is 18.3 Å². The third-order valence-corrected chi connectivity index (χ3v) is 4.60. The highest BCUT2D eigenvalue weighted by molar-refractivity contribution is 8.00. The van der Waals surface area contributed by atoms with Gasteiger partial charge in [-0.1, -0.05) is 12.1 Å². The quantitative estimate of drug-likeness (QED) is 0.675. The lowest BCUT2D eigenvalue weighted by Crippen LogP contribution is -2.13. The van der Waals surface area contributed by atoms with Gasteiger partial charge >= 0.3 is 5.51 Å². The smallest absolute Gasteiger partial charge is 0.390 e. The van der Waals surface area contributed by atoms with Gasteiger partial charge in [-0.25, -0.2) is 9.67 Å². The maximum absolute atomic E-state index is 12.4. The van der Waals surface area contributed by atoms with E-state index < -0.39 is 23.7 Å². The summed E-state index contributed by atoms with van der Waals surface area (Å²) >= 11 is -0.182. The average Bonchev–Trinajstić information content (AvgIpc) is 2.92. The van der Waals surface area contributed by atoms with Gasteiger partial charge in [0, 0.05) is 4.90 Å². The summed E-state index contributed by atoms with van der Waals surface area (Å²) in [5, 5.41) is 13.9. The van der Waals surface area contributed by atoms with Gasteiger partial charge in [-0.05, 0) is 43.3 Å². The van der Waals surface area contributed by atoms with E-state index in [1.165, 1.54) is 16.8 Å². The normalized spacial score (nSPS) is 13.3. The first kappa shape index (κ1) is 18.5. The summed E-state index contributed by atoms with van der Waals surface area (Å²) < 4.78 is 38.8. The molecule has 2 aromatic heterocycles. The van der Waals surface area contributed by atoms with Gasteiger partial charge in [0.15, 0.2) is 5.65 Å². The highest BCUT2D eigenvalue weighted by Gasteiger charge is 2.29. The van der Waals surface area contributed by atoms with E-state index in [-0.39, 0.29) is 27.7 Å². The Morgan fingerprint density at radius 3 is 2.54 bits per heavy atom. The summed E-state index contributed by atoms with van der Waals surface area (Å²) in [6, 6.07) is 5.52. The van der Waals surface area contributed by atoms with Crippen LogP contribution in [0.1, 0.15) is 30.0 Å². The molecule has 0 radical (unpaired) electrons. The maximum Gasteiger partial charge on any atom is 0.446 e. The molecule has 138 valence electrons. The van der Waals surface area contributed by atoms with Gasteiger partial charge in [0.05, 0.1) is 12.6 Å². The largest absolute Gasteiger partial charge is 0.446 e. The molecule has 0 aliphatic rings. The lowest BCUT2D eigenvalue weighted by Gasteiger charge is -2.14. The molecule has 0 saturated heterocycles. The van der Waals surface area contributed by atoms with Crippen molar-refractivity contribution >= 4 is 22.8 Å². The molecule has 10 heteroatoms. The minimum absolute atomic E-state index is 0.0836. The topological polar surface area (TPSA) is 83.8 Å². The Morgan fingerprint density at radius 2 is 1.96 bits per heavy atom. The first-order valence-corrected chi connectivity index (χ1v) is 8.46. The van der Waals surface area contributed by atoms with E-state index >= 15 is 0 Å². The van der Waals surface area contributed by atoms with E-state index in [2.05, 4.69) is 15.1 Å². The second kappa shape index (κ2) is 6.76. The zero-order chi connectivity index (χ0) is 19.1. The van der Waals surface area contributed by atoms with Gasteiger partial charge < -0.3 is 10.1 Å². The van der Waals surface area contributed by atoms with Crippen molar-refractivity contribution in [3.8, 4) is 0 Å². The van der Waals surface area contributed by atoms with Crippen LogP contribution in [-0.2, 0) is 6.61 Å². The van der Waals surface area contributed by atoms with Crippen LogP contribution in [0, 0.1) is 6.92 Å². The van der Waals surface area contributed by atoms with Crippen molar-refractivity contribution in [3.63, 3.8) is 0 Å². The molecular formula is C16H15F3N4O2S. The Morgan fingerprint density at radius 1 is 1.31 bits per heavy atom. The Kier molecular flexibility index (Phi) is 4.80. The maximum atomic E-state index is 12.4. The zero-order valence-corrected chi connectivity index (χ0v) is 14.6. The van der Waals surface area contributed by atoms with Crippen molar-refractivity contribution in [3.05, 3.63) is 51.7 Å². The second-order valence-corrected chi connectivity index (χ2v) is 6.83. The molecule has 0 fully saturated rings. The standard InChI is InChI=1S/C16H15F3N4O2S/c1-8(10-3-5-11(6-4-10)26-16(17,18)19)23-14-13(12(7-24)22-23)15(25)21-9(2)20-14/h3-6,8,24H,7H2,1-2H3,(H,20,21,25). The summed E-state index contributed by atoms with van der Waals surface area (Å²) in [6.45, 7) is 2.99. The Balaban J connectivity index is 2.02. The fourth-order valence-electron chi connectivity index (χ4n) is 2.69. The number of aromatic amines is 1. The minimum atomic E-state index is -4.34. The van der Waals surface area contributed by atoms with Crippen molar-refractivity contribution in [2.75, 3.05) is 0 Å². The number of alkyl halides is 3. The van der Waals surface area contributed by atoms with E-state index in [4.69, 9.17) is 0 Å². The molecule has 0 aliphatic carbocycles. The van der Waals surface area contributed by atoms with Crippen LogP contribution in [0.4, 0.5) is 13.2 Å². The Hall–Kier alpha value is -2.33. The number of benzene rings is 1. The van der Waals surface area contributed by atoms with Crippen LogP contribution in [0.25, 0.3) is 11.0 Å². The number of aromatic nitrogens is 4. The van der Waals surface area contributed by atoms with Gasteiger partial charge in [-0.3, -0.25) is 4.79 Å². The summed E-state index contributed by atoms with van der Waals surface area (Å²) in [7, 11) is 0. The Bertz CT molecular complexity index is 996. The minimum Gasteiger partial charge on any atom is -0.390 e. The summed E-state index contributed by atoms with van der Waals surface area (Å²) in [5.74, 6) is 0.400. The second-order valence-electron chi connectivity index (χ2n) is 5.69. The van der Waals surface area contributed by atoms with Crippen molar-refractivity contribution in [2.45, 2.75) is 36.9 Å². The van der Waals surface area contributed by atoms with E-state index in [0.29, 0.717) is 17.0 Å². The molecule has 0 spiro atoms. The molecule has 1 unspecified atom stereocenters. The first-order valence-electron chi connectivity index (χ1n) is 7.64. The summed E-state index contributed by atoms with van der Waals surface area (Å²) in [4.78, 5) is 19.1. The third kappa shape index (κ3) is 3.61. The average molecular weight is 384 g/mol. The van der Waals surface area contributed by atoms with Gasteiger partial charge in [-0.2, -0.15) is 18.3 Å². The van der Waals surface area contributed by atoms with Crippen LogP contribution >= 0.6 is 11.8 Å². The number of aliphatic hydroxyl groups excluding tert-OH is 1. The van der Waals surface area contributed by atoms with Crippen LogP contribution in [-0.4, -0.2) is 30.4 Å². The number of nitrogens with one attached hydrogen (secondary N) is 1. The zero-order valence-electron chi connectivity index (χ0n) is 13.8. The lowest BCUT2D eigenvalue weighted by molar-refractivity contribution is -0.0328. The lowest BCUT2D eigenvalue weighted by atomic mass is 10.1. The monoisotopic (exact) mass is 384 g/mol. The van der Waals surface area contributed by atoms with Crippen LogP contribution in [0.2, 0.25) is 0 Å². The number of hydrogen-bond acceptors (Lipinski definition) is 5. The molecule has 1 atom stereocenters.